The van der Waals surface area contributed by atoms with Crippen molar-refractivity contribution in [1.29, 1.82) is 0 Å². The van der Waals surface area contributed by atoms with Crippen LogP contribution in [0.4, 0.5) is 5.69 Å². The fourth-order valence-corrected chi connectivity index (χ4v) is 2.27. The van der Waals surface area contributed by atoms with Gasteiger partial charge in [0.25, 0.3) is 0 Å². The third-order valence-corrected chi connectivity index (χ3v) is 3.40. The van der Waals surface area contributed by atoms with Crippen LogP contribution in [0, 0.1) is 0 Å². The molecule has 0 bridgehead atoms. The lowest BCUT2D eigenvalue weighted by atomic mass is 10.2. The SMILES string of the molecule is NC(=S)N(N=Cc1coc2ccccc2c1=O)c1ccccc1. The van der Waals surface area contributed by atoms with Crippen LogP contribution in [-0.2, 0) is 0 Å². The number of rotatable bonds is 3. The van der Waals surface area contributed by atoms with Crippen molar-refractivity contribution < 1.29 is 4.42 Å². The zero-order chi connectivity index (χ0) is 16.2. The molecule has 0 spiro atoms. The van der Waals surface area contributed by atoms with Crippen LogP contribution >= 0.6 is 12.2 Å². The van der Waals surface area contributed by atoms with E-state index in [4.69, 9.17) is 22.4 Å². The van der Waals surface area contributed by atoms with Crippen molar-refractivity contribution in [3.05, 3.63) is 76.6 Å². The molecule has 6 heteroatoms. The predicted octanol–water partition coefficient (Wildman–Crippen LogP) is 2.88. The molecule has 1 heterocycles. The molecule has 0 amide bonds. The minimum Gasteiger partial charge on any atom is -0.463 e. The van der Waals surface area contributed by atoms with E-state index in [2.05, 4.69) is 5.10 Å². The van der Waals surface area contributed by atoms with Gasteiger partial charge in [-0.05, 0) is 36.5 Å². The number of anilines is 1. The fraction of sp³-hybridized carbons (Fsp3) is 0. The number of benzene rings is 2. The zero-order valence-corrected chi connectivity index (χ0v) is 12.9. The maximum Gasteiger partial charge on any atom is 0.201 e. The molecule has 2 N–H and O–H groups in total. The summed E-state index contributed by atoms with van der Waals surface area (Å²) in [7, 11) is 0. The second-order valence-corrected chi connectivity index (χ2v) is 5.16. The number of thiocarbonyl (C=S) groups is 1. The Balaban J connectivity index is 2.00. The Morgan fingerprint density at radius 1 is 1.13 bits per heavy atom. The average molecular weight is 323 g/mol. The van der Waals surface area contributed by atoms with Gasteiger partial charge in [-0.2, -0.15) is 5.10 Å². The Morgan fingerprint density at radius 3 is 2.57 bits per heavy atom. The largest absolute Gasteiger partial charge is 0.463 e. The number of hydrogen-bond acceptors (Lipinski definition) is 4. The molecule has 0 atom stereocenters. The molecule has 1 aromatic heterocycles. The van der Waals surface area contributed by atoms with Gasteiger partial charge in [-0.1, -0.05) is 30.3 Å². The molecule has 23 heavy (non-hydrogen) atoms. The van der Waals surface area contributed by atoms with Crippen molar-refractivity contribution in [2.24, 2.45) is 10.8 Å². The van der Waals surface area contributed by atoms with Crippen molar-refractivity contribution >= 4 is 40.2 Å². The fourth-order valence-electron chi connectivity index (χ4n) is 2.12. The second-order valence-electron chi connectivity index (χ2n) is 4.75. The lowest BCUT2D eigenvalue weighted by molar-refractivity contribution is 0.601. The maximum absolute atomic E-state index is 12.4. The summed E-state index contributed by atoms with van der Waals surface area (Å²) in [6.45, 7) is 0. The molecule has 2 aromatic carbocycles. The van der Waals surface area contributed by atoms with Crippen molar-refractivity contribution in [2.45, 2.75) is 0 Å². The molecule has 0 aliphatic rings. The topological polar surface area (TPSA) is 71.8 Å². The highest BCUT2D eigenvalue weighted by molar-refractivity contribution is 7.80. The molecule has 0 aliphatic carbocycles. The van der Waals surface area contributed by atoms with Crippen molar-refractivity contribution in [1.82, 2.24) is 0 Å². The Kier molecular flexibility index (Phi) is 4.16. The summed E-state index contributed by atoms with van der Waals surface area (Å²) in [5, 5.41) is 6.17. The van der Waals surface area contributed by atoms with Gasteiger partial charge in [-0.15, -0.1) is 0 Å². The Morgan fingerprint density at radius 2 is 1.83 bits per heavy atom. The molecule has 0 aliphatic heterocycles. The molecule has 3 rings (SSSR count). The first-order valence-corrected chi connectivity index (χ1v) is 7.27. The Bertz CT molecular complexity index is 935. The summed E-state index contributed by atoms with van der Waals surface area (Å²) in [6.07, 6.45) is 2.77. The summed E-state index contributed by atoms with van der Waals surface area (Å²) in [4.78, 5) is 12.4. The van der Waals surface area contributed by atoms with E-state index in [0.717, 1.165) is 0 Å². The highest BCUT2D eigenvalue weighted by Crippen LogP contribution is 2.14. The standard InChI is InChI=1S/C17H13N3O2S/c18-17(23)20(13-6-2-1-3-7-13)19-10-12-11-22-15-9-5-4-8-14(15)16(12)21/h1-11H,(H2,18,23). The number of hydrogen-bond donors (Lipinski definition) is 1. The van der Waals surface area contributed by atoms with Crippen LogP contribution in [0.15, 0.2) is 75.2 Å². The quantitative estimate of drug-likeness (QED) is 0.456. The van der Waals surface area contributed by atoms with Crippen molar-refractivity contribution in [3.63, 3.8) is 0 Å². The molecule has 0 saturated carbocycles. The first kappa shape index (κ1) is 14.9. The average Bonchev–Trinajstić information content (AvgIpc) is 2.58. The van der Waals surface area contributed by atoms with Gasteiger partial charge in [-0.3, -0.25) is 4.79 Å². The van der Waals surface area contributed by atoms with E-state index in [1.165, 1.54) is 17.5 Å². The lowest BCUT2D eigenvalue weighted by Gasteiger charge is -2.16. The van der Waals surface area contributed by atoms with Gasteiger partial charge in [-0.25, -0.2) is 5.01 Å². The van der Waals surface area contributed by atoms with Gasteiger partial charge < -0.3 is 10.2 Å². The van der Waals surface area contributed by atoms with Gasteiger partial charge in [0, 0.05) is 0 Å². The number of nitrogens with zero attached hydrogens (tertiary/aromatic N) is 2. The molecule has 114 valence electrons. The van der Waals surface area contributed by atoms with Gasteiger partial charge in [0.1, 0.15) is 11.8 Å². The molecule has 0 radical (unpaired) electrons. The van der Waals surface area contributed by atoms with E-state index in [1.54, 1.807) is 18.2 Å². The van der Waals surface area contributed by atoms with E-state index in [0.29, 0.717) is 22.2 Å². The summed E-state index contributed by atoms with van der Waals surface area (Å²) < 4.78 is 5.45. The normalized spacial score (nSPS) is 11.0. The first-order valence-electron chi connectivity index (χ1n) is 6.86. The van der Waals surface area contributed by atoms with Crippen LogP contribution in [0.5, 0.6) is 0 Å². The van der Waals surface area contributed by atoms with Gasteiger partial charge in [0.2, 0.25) is 5.43 Å². The van der Waals surface area contributed by atoms with Gasteiger partial charge in [0.15, 0.2) is 5.11 Å². The van der Waals surface area contributed by atoms with E-state index in [-0.39, 0.29) is 10.5 Å². The summed E-state index contributed by atoms with van der Waals surface area (Å²) >= 11 is 5.01. The van der Waals surface area contributed by atoms with Crippen LogP contribution in [0.2, 0.25) is 0 Å². The minimum absolute atomic E-state index is 0.0811. The van der Waals surface area contributed by atoms with Crippen LogP contribution in [-0.4, -0.2) is 11.3 Å². The minimum atomic E-state index is -0.161. The third kappa shape index (κ3) is 3.12. The third-order valence-electron chi connectivity index (χ3n) is 3.23. The highest BCUT2D eigenvalue weighted by atomic mass is 32.1. The maximum atomic E-state index is 12.4. The lowest BCUT2D eigenvalue weighted by Crippen LogP contribution is -2.31. The first-order chi connectivity index (χ1) is 11.2. The van der Waals surface area contributed by atoms with Crippen LogP contribution in [0.1, 0.15) is 5.56 Å². The van der Waals surface area contributed by atoms with Gasteiger partial charge in [0.05, 0.1) is 22.9 Å². The molecule has 3 aromatic rings. The van der Waals surface area contributed by atoms with Gasteiger partial charge >= 0.3 is 0 Å². The van der Waals surface area contributed by atoms with E-state index in [1.807, 2.05) is 36.4 Å². The Labute approximate surface area is 137 Å². The zero-order valence-electron chi connectivity index (χ0n) is 12.0. The molecule has 5 nitrogen and oxygen atoms in total. The molecule has 0 saturated heterocycles. The van der Waals surface area contributed by atoms with Crippen molar-refractivity contribution in [2.75, 3.05) is 5.01 Å². The summed E-state index contributed by atoms with van der Waals surface area (Å²) in [5.74, 6) is 0. The number of para-hydroxylation sites is 2. The highest BCUT2D eigenvalue weighted by Gasteiger charge is 2.08. The predicted molar refractivity (Wildman–Crippen MR) is 95.8 cm³/mol. The Hall–Kier alpha value is -2.99. The monoisotopic (exact) mass is 323 g/mol. The van der Waals surface area contributed by atoms with E-state index >= 15 is 0 Å². The number of nitrogens with two attached hydrogens (primary N) is 1. The smallest absolute Gasteiger partial charge is 0.201 e. The summed E-state index contributed by atoms with van der Waals surface area (Å²) in [6, 6.07) is 16.3. The molecular formula is C17H13N3O2S. The van der Waals surface area contributed by atoms with Crippen LogP contribution < -0.4 is 16.2 Å². The molecule has 0 unspecified atom stereocenters. The molecular weight excluding hydrogens is 310 g/mol. The number of hydrazone groups is 1. The van der Waals surface area contributed by atoms with Crippen LogP contribution in [0.25, 0.3) is 11.0 Å². The second kappa shape index (κ2) is 6.41. The van der Waals surface area contributed by atoms with Crippen LogP contribution in [0.3, 0.4) is 0 Å². The summed E-state index contributed by atoms with van der Waals surface area (Å²) in [5.41, 5.74) is 7.10. The molecule has 0 fully saturated rings. The van der Waals surface area contributed by atoms with E-state index in [9.17, 15) is 4.79 Å². The number of fused-ring (bicyclic) bond motifs is 1. The van der Waals surface area contributed by atoms with Crippen molar-refractivity contribution in [3.8, 4) is 0 Å². The van der Waals surface area contributed by atoms with E-state index < -0.39 is 0 Å².